The summed E-state index contributed by atoms with van der Waals surface area (Å²) in [6.07, 6.45) is 5.16. The molecule has 9 nitrogen and oxygen atoms in total. The van der Waals surface area contributed by atoms with Gasteiger partial charge in [-0.25, -0.2) is 0 Å². The maximum atomic E-state index is 13.3. The molecular formula is C24H34N4O5. The van der Waals surface area contributed by atoms with Crippen molar-refractivity contribution in [1.82, 2.24) is 20.9 Å². The number of carbonyl (C=O) groups excluding carboxylic acids is 3. The molecule has 2 heterocycles. The van der Waals surface area contributed by atoms with Crippen molar-refractivity contribution in [2.45, 2.75) is 56.7 Å². The van der Waals surface area contributed by atoms with E-state index in [9.17, 15) is 19.5 Å². The third-order valence-electron chi connectivity index (χ3n) is 6.78. The van der Waals surface area contributed by atoms with Crippen LogP contribution in [0.5, 0.6) is 5.75 Å². The number of aryl methyl sites for hydroxylation is 2. The Bertz CT molecular complexity index is 888. The number of nitrogens with one attached hydrogen (secondary N) is 3. The Morgan fingerprint density at radius 3 is 2.58 bits per heavy atom. The van der Waals surface area contributed by atoms with Gasteiger partial charge >= 0.3 is 0 Å². The Kier molecular flexibility index (Phi) is 7.49. The summed E-state index contributed by atoms with van der Waals surface area (Å²) in [5, 5.41) is 18.5. The van der Waals surface area contributed by atoms with Crippen LogP contribution < -0.4 is 20.7 Å². The predicted octanol–water partition coefficient (Wildman–Crippen LogP) is -0.254. The molecule has 1 aromatic carbocycles. The van der Waals surface area contributed by atoms with Crippen LogP contribution in [-0.2, 0) is 27.2 Å². The zero-order valence-corrected chi connectivity index (χ0v) is 19.1. The SMILES string of the molecule is CN1C(=O)C(C2CC2)NCC2CCc3cccc(c3O2)CCCNC(=O)CNC(=O)C1CO. The van der Waals surface area contributed by atoms with Gasteiger partial charge in [-0.3, -0.25) is 14.4 Å². The maximum absolute atomic E-state index is 13.3. The number of fused-ring (bicyclic) bond motifs is 1. The highest BCUT2D eigenvalue weighted by Crippen LogP contribution is 2.35. The van der Waals surface area contributed by atoms with E-state index in [-0.39, 0.29) is 30.4 Å². The minimum Gasteiger partial charge on any atom is -0.489 e. The highest BCUT2D eigenvalue weighted by atomic mass is 16.5. The first-order valence-corrected chi connectivity index (χ1v) is 11.9. The normalized spacial score (nSPS) is 27.6. The standard InChI is InChI=1S/C24H34N4O5/c1-28-19(14-29)23(31)27-13-20(30)25-11-3-6-16-4-2-5-17-9-10-18(33-22(16)17)12-26-21(24(28)32)15-7-8-15/h2,4-5,15,18-19,21,26,29H,3,6-14H2,1H3,(H,25,30)(H,27,31). The van der Waals surface area contributed by atoms with Gasteiger partial charge in [0.05, 0.1) is 19.2 Å². The lowest BCUT2D eigenvalue weighted by atomic mass is 9.97. The lowest BCUT2D eigenvalue weighted by molar-refractivity contribution is -0.142. The Morgan fingerprint density at radius 1 is 1.09 bits per heavy atom. The minimum atomic E-state index is -1.05. The van der Waals surface area contributed by atoms with Crippen molar-refractivity contribution in [2.75, 3.05) is 33.3 Å². The zero-order valence-electron chi connectivity index (χ0n) is 19.1. The van der Waals surface area contributed by atoms with Crippen LogP contribution in [0.1, 0.15) is 36.8 Å². The van der Waals surface area contributed by atoms with E-state index in [4.69, 9.17) is 4.74 Å². The van der Waals surface area contributed by atoms with E-state index in [2.05, 4.69) is 28.1 Å². The number of nitrogens with zero attached hydrogens (tertiary/aromatic N) is 1. The lowest BCUT2D eigenvalue weighted by Gasteiger charge is -2.32. The van der Waals surface area contributed by atoms with Crippen LogP contribution in [0.15, 0.2) is 18.2 Å². The van der Waals surface area contributed by atoms with E-state index < -0.39 is 24.6 Å². The fraction of sp³-hybridized carbons (Fsp3) is 0.625. The molecule has 2 aliphatic heterocycles. The van der Waals surface area contributed by atoms with Gasteiger partial charge < -0.3 is 30.7 Å². The number of amides is 3. The second-order valence-corrected chi connectivity index (χ2v) is 9.23. The van der Waals surface area contributed by atoms with Crippen molar-refractivity contribution in [1.29, 1.82) is 0 Å². The summed E-state index contributed by atoms with van der Waals surface area (Å²) in [4.78, 5) is 39.3. The van der Waals surface area contributed by atoms with Gasteiger partial charge in [0.2, 0.25) is 17.7 Å². The molecule has 3 aliphatic rings. The molecule has 3 unspecified atom stereocenters. The van der Waals surface area contributed by atoms with E-state index in [0.29, 0.717) is 13.1 Å². The fourth-order valence-electron chi connectivity index (χ4n) is 4.62. The fourth-order valence-corrected chi connectivity index (χ4v) is 4.62. The van der Waals surface area contributed by atoms with Gasteiger partial charge in [-0.1, -0.05) is 18.2 Å². The smallest absolute Gasteiger partial charge is 0.245 e. The van der Waals surface area contributed by atoms with Gasteiger partial charge in [0.1, 0.15) is 17.9 Å². The second-order valence-electron chi connectivity index (χ2n) is 9.23. The summed E-state index contributed by atoms with van der Waals surface area (Å²) in [6.45, 7) is 0.306. The third kappa shape index (κ3) is 5.65. The van der Waals surface area contributed by atoms with Gasteiger partial charge in [0.25, 0.3) is 0 Å². The van der Waals surface area contributed by atoms with E-state index in [1.54, 1.807) is 0 Å². The Labute approximate surface area is 194 Å². The monoisotopic (exact) mass is 458 g/mol. The van der Waals surface area contributed by atoms with Crippen molar-refractivity contribution in [3.05, 3.63) is 29.3 Å². The van der Waals surface area contributed by atoms with Gasteiger partial charge in [0.15, 0.2) is 0 Å². The molecule has 3 amide bonds. The number of aliphatic hydroxyl groups excluding tert-OH is 1. The van der Waals surface area contributed by atoms with E-state index in [1.165, 1.54) is 17.5 Å². The third-order valence-corrected chi connectivity index (χ3v) is 6.78. The number of para-hydroxylation sites is 1. The highest BCUT2D eigenvalue weighted by Gasteiger charge is 2.40. The van der Waals surface area contributed by atoms with Crippen molar-refractivity contribution in [3.8, 4) is 5.75 Å². The molecule has 33 heavy (non-hydrogen) atoms. The molecule has 180 valence electrons. The Morgan fingerprint density at radius 2 is 1.85 bits per heavy atom. The molecular weight excluding hydrogens is 424 g/mol. The molecule has 3 atom stereocenters. The van der Waals surface area contributed by atoms with Crippen molar-refractivity contribution >= 4 is 17.7 Å². The number of likely N-dealkylation sites (N-methyl/N-ethyl adjacent to an activating group) is 1. The molecule has 4 rings (SSSR count). The van der Waals surface area contributed by atoms with Crippen LogP contribution in [0.2, 0.25) is 0 Å². The predicted molar refractivity (Wildman–Crippen MR) is 122 cm³/mol. The summed E-state index contributed by atoms with van der Waals surface area (Å²) >= 11 is 0. The molecule has 2 bridgehead atoms. The lowest BCUT2D eigenvalue weighted by Crippen LogP contribution is -2.57. The highest BCUT2D eigenvalue weighted by molar-refractivity contribution is 5.92. The van der Waals surface area contributed by atoms with E-state index >= 15 is 0 Å². The van der Waals surface area contributed by atoms with Gasteiger partial charge in [0, 0.05) is 20.1 Å². The first kappa shape index (κ1) is 23.5. The number of ether oxygens (including phenoxy) is 1. The van der Waals surface area contributed by atoms with Crippen LogP contribution in [0, 0.1) is 5.92 Å². The van der Waals surface area contributed by atoms with Crippen LogP contribution in [-0.4, -0.2) is 79.2 Å². The van der Waals surface area contributed by atoms with E-state index in [1.807, 2.05) is 6.07 Å². The number of benzene rings is 1. The van der Waals surface area contributed by atoms with Crippen LogP contribution in [0.4, 0.5) is 0 Å². The van der Waals surface area contributed by atoms with Crippen LogP contribution in [0.3, 0.4) is 0 Å². The molecule has 1 aliphatic carbocycles. The minimum absolute atomic E-state index is 0.0477. The number of hydrogen-bond acceptors (Lipinski definition) is 6. The maximum Gasteiger partial charge on any atom is 0.245 e. The molecule has 0 spiro atoms. The molecule has 1 saturated carbocycles. The number of aliphatic hydroxyl groups is 1. The molecule has 1 aromatic rings. The van der Waals surface area contributed by atoms with Crippen molar-refractivity contribution in [2.24, 2.45) is 5.92 Å². The van der Waals surface area contributed by atoms with Gasteiger partial charge in [-0.15, -0.1) is 0 Å². The number of rotatable bonds is 2. The number of carbonyl (C=O) groups is 3. The summed E-state index contributed by atoms with van der Waals surface area (Å²) < 4.78 is 6.37. The average Bonchev–Trinajstić information content (AvgIpc) is 3.65. The van der Waals surface area contributed by atoms with Crippen LogP contribution in [0.25, 0.3) is 0 Å². The van der Waals surface area contributed by atoms with Crippen LogP contribution >= 0.6 is 0 Å². The molecule has 0 aromatic heterocycles. The zero-order chi connectivity index (χ0) is 23.4. The van der Waals surface area contributed by atoms with E-state index in [0.717, 1.165) is 49.8 Å². The first-order chi connectivity index (χ1) is 16.0. The molecule has 1 fully saturated rings. The summed E-state index contributed by atoms with van der Waals surface area (Å²) in [5.41, 5.74) is 2.33. The van der Waals surface area contributed by atoms with Crippen molar-refractivity contribution < 1.29 is 24.2 Å². The average molecular weight is 459 g/mol. The molecule has 9 heteroatoms. The second kappa shape index (κ2) is 10.5. The first-order valence-electron chi connectivity index (χ1n) is 11.9. The molecule has 0 radical (unpaired) electrons. The summed E-state index contributed by atoms with van der Waals surface area (Å²) in [5.74, 6) is 0.0663. The Hall–Kier alpha value is -2.65. The topological polar surface area (TPSA) is 120 Å². The largest absolute Gasteiger partial charge is 0.489 e. The summed E-state index contributed by atoms with van der Waals surface area (Å²) in [6, 6.07) is 4.73. The number of hydrogen-bond donors (Lipinski definition) is 4. The molecule has 4 N–H and O–H groups in total. The van der Waals surface area contributed by atoms with Gasteiger partial charge in [-0.05, 0) is 55.6 Å². The van der Waals surface area contributed by atoms with Gasteiger partial charge in [-0.2, -0.15) is 0 Å². The molecule has 0 saturated heterocycles. The summed E-state index contributed by atoms with van der Waals surface area (Å²) in [7, 11) is 1.53. The Balaban J connectivity index is 1.54. The quantitative estimate of drug-likeness (QED) is 0.485. The van der Waals surface area contributed by atoms with Crippen molar-refractivity contribution in [3.63, 3.8) is 0 Å².